The lowest BCUT2D eigenvalue weighted by Gasteiger charge is -2.16. The topological polar surface area (TPSA) is 0 Å². The van der Waals surface area contributed by atoms with Gasteiger partial charge in [-0.1, -0.05) is 91.0 Å². The summed E-state index contributed by atoms with van der Waals surface area (Å²) in [5, 5.41) is 13.6. The minimum absolute atomic E-state index is 1.32. The third-order valence-electron chi connectivity index (χ3n) is 6.58. The summed E-state index contributed by atoms with van der Waals surface area (Å²) >= 11 is 1.91. The molecule has 0 aliphatic carbocycles. The second kappa shape index (κ2) is 5.81. The van der Waals surface area contributed by atoms with Gasteiger partial charge in [-0.3, -0.25) is 0 Å². The van der Waals surface area contributed by atoms with Crippen LogP contribution in [0.1, 0.15) is 4.88 Å². The zero-order valence-corrected chi connectivity index (χ0v) is 17.4. The first-order valence-corrected chi connectivity index (χ1v) is 11.2. The molecule has 0 aliphatic heterocycles. The fourth-order valence-electron chi connectivity index (χ4n) is 5.29. The Kier molecular flexibility index (Phi) is 3.17. The predicted molar refractivity (Wildman–Crippen MR) is 133 cm³/mol. The average Bonchev–Trinajstić information content (AvgIpc) is 3.13. The Balaban J connectivity index is 1.71. The van der Waals surface area contributed by atoms with Crippen molar-refractivity contribution >= 4 is 65.2 Å². The van der Waals surface area contributed by atoms with E-state index in [0.717, 1.165) is 0 Å². The maximum Gasteiger partial charge on any atom is 0.0430 e. The van der Waals surface area contributed by atoms with Crippen molar-refractivity contribution in [1.29, 1.82) is 0 Å². The van der Waals surface area contributed by atoms with E-state index in [4.69, 9.17) is 0 Å². The van der Waals surface area contributed by atoms with Crippen molar-refractivity contribution in [3.05, 3.63) is 95.9 Å². The molecule has 0 aliphatic rings. The van der Waals surface area contributed by atoms with Gasteiger partial charge in [0.2, 0.25) is 0 Å². The quantitative estimate of drug-likeness (QED) is 0.191. The van der Waals surface area contributed by atoms with Crippen LogP contribution in [-0.2, 0) is 0 Å². The van der Waals surface area contributed by atoms with Crippen LogP contribution in [0.2, 0.25) is 0 Å². The molecule has 0 fully saturated rings. The molecule has 6 aromatic carbocycles. The van der Waals surface area contributed by atoms with Crippen molar-refractivity contribution in [3.63, 3.8) is 0 Å². The summed E-state index contributed by atoms with van der Waals surface area (Å²) in [6.45, 7) is 2.23. The van der Waals surface area contributed by atoms with Crippen LogP contribution in [0.3, 0.4) is 0 Å². The molecule has 0 spiro atoms. The van der Waals surface area contributed by atoms with Gasteiger partial charge in [-0.05, 0) is 55.4 Å². The van der Waals surface area contributed by atoms with Gasteiger partial charge in [-0.15, -0.1) is 11.3 Å². The zero-order chi connectivity index (χ0) is 19.8. The summed E-state index contributed by atoms with van der Waals surface area (Å²) in [6, 6.07) is 33.7. The first kappa shape index (κ1) is 16.4. The van der Waals surface area contributed by atoms with Gasteiger partial charge < -0.3 is 0 Å². The van der Waals surface area contributed by atoms with E-state index in [2.05, 4.69) is 97.9 Å². The van der Waals surface area contributed by atoms with Gasteiger partial charge in [-0.2, -0.15) is 0 Å². The minimum Gasteiger partial charge on any atom is -0.139 e. The number of hydrogen-bond donors (Lipinski definition) is 0. The molecule has 0 N–H and O–H groups in total. The standard InChI is InChI=1S/C29H18S/c1-17-19-9-2-3-10-25(19)29(30-17)26-16-15-24-21-12-5-8-18-7-4-11-20(27(18)21)22-13-6-14-23(26)28(22)24/h2-16H,1H3. The smallest absolute Gasteiger partial charge is 0.0430 e. The summed E-state index contributed by atoms with van der Waals surface area (Å²) in [7, 11) is 0. The van der Waals surface area contributed by atoms with Crippen LogP contribution in [0, 0.1) is 6.92 Å². The number of rotatable bonds is 1. The number of fused-ring (bicyclic) bond motifs is 3. The number of thiophene rings is 1. The molecule has 1 aromatic heterocycles. The highest BCUT2D eigenvalue weighted by Crippen LogP contribution is 2.46. The van der Waals surface area contributed by atoms with Gasteiger partial charge in [0.15, 0.2) is 0 Å². The first-order chi connectivity index (χ1) is 14.8. The zero-order valence-electron chi connectivity index (χ0n) is 16.6. The van der Waals surface area contributed by atoms with Gasteiger partial charge in [0.05, 0.1) is 0 Å². The Morgan fingerprint density at radius 3 is 1.80 bits per heavy atom. The number of hydrogen-bond acceptors (Lipinski definition) is 1. The molecule has 0 radical (unpaired) electrons. The molecule has 1 heterocycles. The van der Waals surface area contributed by atoms with E-state index in [1.807, 2.05) is 11.3 Å². The van der Waals surface area contributed by atoms with Crippen molar-refractivity contribution < 1.29 is 0 Å². The van der Waals surface area contributed by atoms with Gasteiger partial charge in [-0.25, -0.2) is 0 Å². The number of aryl methyl sites for hydroxylation is 1. The highest BCUT2D eigenvalue weighted by molar-refractivity contribution is 7.17. The Labute approximate surface area is 178 Å². The lowest BCUT2D eigenvalue weighted by molar-refractivity contribution is 1.68. The second-order valence-electron chi connectivity index (χ2n) is 8.13. The van der Waals surface area contributed by atoms with E-state index < -0.39 is 0 Å². The summed E-state index contributed by atoms with van der Waals surface area (Å²) in [5.74, 6) is 0. The van der Waals surface area contributed by atoms with Gasteiger partial charge >= 0.3 is 0 Å². The molecule has 7 aromatic rings. The highest BCUT2D eigenvalue weighted by Gasteiger charge is 2.17. The average molecular weight is 399 g/mol. The summed E-state index contributed by atoms with van der Waals surface area (Å²) in [6.07, 6.45) is 0. The van der Waals surface area contributed by atoms with Crippen LogP contribution in [0.15, 0.2) is 91.0 Å². The van der Waals surface area contributed by atoms with Crippen molar-refractivity contribution in [2.24, 2.45) is 0 Å². The molecule has 30 heavy (non-hydrogen) atoms. The Hall–Kier alpha value is -3.42. The summed E-state index contributed by atoms with van der Waals surface area (Å²) in [5.41, 5.74) is 1.34. The molecule has 0 atom stereocenters. The Bertz CT molecular complexity index is 1700. The predicted octanol–water partition coefficient (Wildman–Crippen LogP) is 8.93. The van der Waals surface area contributed by atoms with E-state index in [1.165, 1.54) is 69.2 Å². The molecular weight excluding hydrogens is 380 g/mol. The van der Waals surface area contributed by atoms with Crippen LogP contribution in [0.5, 0.6) is 0 Å². The minimum atomic E-state index is 1.32. The molecule has 0 unspecified atom stereocenters. The molecule has 140 valence electrons. The van der Waals surface area contributed by atoms with E-state index in [1.54, 1.807) is 0 Å². The van der Waals surface area contributed by atoms with Gasteiger partial charge in [0.1, 0.15) is 0 Å². The van der Waals surface area contributed by atoms with E-state index >= 15 is 0 Å². The normalized spacial score (nSPS) is 12.2. The van der Waals surface area contributed by atoms with Crippen molar-refractivity contribution in [3.8, 4) is 10.4 Å². The maximum atomic E-state index is 2.34. The van der Waals surface area contributed by atoms with Crippen LogP contribution >= 0.6 is 11.3 Å². The van der Waals surface area contributed by atoms with Crippen molar-refractivity contribution in [2.45, 2.75) is 6.92 Å². The Morgan fingerprint density at radius 1 is 0.467 bits per heavy atom. The molecule has 0 amide bonds. The van der Waals surface area contributed by atoms with Crippen molar-refractivity contribution in [2.75, 3.05) is 0 Å². The van der Waals surface area contributed by atoms with Gasteiger partial charge in [0.25, 0.3) is 0 Å². The molecule has 1 heteroatoms. The van der Waals surface area contributed by atoms with Crippen LogP contribution in [0.4, 0.5) is 0 Å². The largest absolute Gasteiger partial charge is 0.139 e. The maximum absolute atomic E-state index is 2.34. The lowest BCUT2D eigenvalue weighted by atomic mass is 9.88. The molecule has 7 rings (SSSR count). The van der Waals surface area contributed by atoms with E-state index in [-0.39, 0.29) is 0 Å². The summed E-state index contributed by atoms with van der Waals surface area (Å²) in [4.78, 5) is 2.76. The highest BCUT2D eigenvalue weighted by atomic mass is 32.1. The van der Waals surface area contributed by atoms with Crippen molar-refractivity contribution in [1.82, 2.24) is 0 Å². The van der Waals surface area contributed by atoms with Crippen LogP contribution < -0.4 is 0 Å². The van der Waals surface area contributed by atoms with Gasteiger partial charge in [0, 0.05) is 20.7 Å². The molecule has 0 saturated heterocycles. The fourth-order valence-corrected chi connectivity index (χ4v) is 6.46. The van der Waals surface area contributed by atoms with Crippen LogP contribution in [-0.4, -0.2) is 0 Å². The second-order valence-corrected chi connectivity index (χ2v) is 9.36. The monoisotopic (exact) mass is 398 g/mol. The third kappa shape index (κ3) is 2.00. The number of benzene rings is 6. The summed E-state index contributed by atoms with van der Waals surface area (Å²) < 4.78 is 0. The van der Waals surface area contributed by atoms with E-state index in [0.29, 0.717) is 0 Å². The van der Waals surface area contributed by atoms with E-state index in [9.17, 15) is 0 Å². The van der Waals surface area contributed by atoms with Crippen LogP contribution in [0.25, 0.3) is 64.3 Å². The molecular formula is C29H18S. The molecule has 0 bridgehead atoms. The molecule has 0 nitrogen and oxygen atoms in total. The first-order valence-electron chi connectivity index (χ1n) is 10.4. The third-order valence-corrected chi connectivity index (χ3v) is 7.75. The fraction of sp³-hybridized carbons (Fsp3) is 0.0345. The lowest BCUT2D eigenvalue weighted by Crippen LogP contribution is -1.88. The SMILES string of the molecule is Cc1sc(-c2ccc3c4cccc5cccc(c6cccc2c63)c54)c2ccccc12. The molecule has 0 saturated carbocycles. The Morgan fingerprint density at radius 2 is 1.03 bits per heavy atom.